The van der Waals surface area contributed by atoms with Gasteiger partial charge in [-0.05, 0) is 67.9 Å². The molecule has 0 amide bonds. The molecular formula is C34H41N3. The number of nitrogens with one attached hydrogen (secondary N) is 2. The van der Waals surface area contributed by atoms with Gasteiger partial charge in [0.05, 0.1) is 17.1 Å². The van der Waals surface area contributed by atoms with Crippen molar-refractivity contribution >= 4 is 17.0 Å². The molecule has 192 valence electrons. The first-order chi connectivity index (χ1) is 18.0. The largest absolute Gasteiger partial charge is 0.381 e. The number of aliphatic imine (C=N–C) groups is 1. The van der Waals surface area contributed by atoms with Gasteiger partial charge in [-0.15, -0.1) is 0 Å². The molecule has 0 aliphatic heterocycles. The SMILES string of the molecule is C=C(C(C(=NC)c1ccc(CCc2ccccc2)cc1)=C(C)C)c1c[nH]c(C(=C)NC2CCCCC2)c1. The predicted octanol–water partition coefficient (Wildman–Crippen LogP) is 8.16. The smallest absolute Gasteiger partial charge is 0.0720 e. The second-order valence-corrected chi connectivity index (χ2v) is 10.4. The van der Waals surface area contributed by atoms with E-state index in [0.29, 0.717) is 6.04 Å². The number of allylic oxidation sites excluding steroid dienone is 3. The third-order valence-corrected chi connectivity index (χ3v) is 7.37. The van der Waals surface area contributed by atoms with E-state index in [1.54, 1.807) is 0 Å². The third-order valence-electron chi connectivity index (χ3n) is 7.37. The molecule has 1 fully saturated rings. The predicted molar refractivity (Wildman–Crippen MR) is 160 cm³/mol. The molecule has 4 rings (SSSR count). The maximum atomic E-state index is 4.73. The van der Waals surface area contributed by atoms with Crippen molar-refractivity contribution in [3.05, 3.63) is 119 Å². The maximum Gasteiger partial charge on any atom is 0.0720 e. The fourth-order valence-corrected chi connectivity index (χ4v) is 5.29. The summed E-state index contributed by atoms with van der Waals surface area (Å²) >= 11 is 0. The Morgan fingerprint density at radius 3 is 2.16 bits per heavy atom. The Kier molecular flexibility index (Phi) is 9.00. The minimum absolute atomic E-state index is 0.527. The van der Waals surface area contributed by atoms with Gasteiger partial charge in [0.15, 0.2) is 0 Å². The molecule has 0 bridgehead atoms. The standard InChI is InChI=1S/C34H41N3/c1-24(2)33(25(3)30-22-32(36-23-30)26(4)37-31-14-10-7-11-15-31)34(35-5)29-20-18-28(19-21-29)17-16-27-12-8-6-9-13-27/h6,8-9,12-13,18-23,31,36-37H,3-4,7,10-11,14-17H2,1-2,5H3. The zero-order chi connectivity index (χ0) is 26.2. The molecule has 3 heteroatoms. The highest BCUT2D eigenvalue weighted by Gasteiger charge is 2.19. The van der Waals surface area contributed by atoms with E-state index in [9.17, 15) is 0 Å². The fourth-order valence-electron chi connectivity index (χ4n) is 5.29. The summed E-state index contributed by atoms with van der Waals surface area (Å²) in [6.07, 6.45) is 10.5. The van der Waals surface area contributed by atoms with Crippen LogP contribution in [0.15, 0.2) is 96.2 Å². The lowest BCUT2D eigenvalue weighted by atomic mass is 9.89. The maximum absolute atomic E-state index is 4.73. The minimum Gasteiger partial charge on any atom is -0.381 e. The molecule has 0 radical (unpaired) electrons. The summed E-state index contributed by atoms with van der Waals surface area (Å²) in [4.78, 5) is 8.14. The highest BCUT2D eigenvalue weighted by Crippen LogP contribution is 2.30. The fraction of sp³-hybridized carbons (Fsp3) is 0.324. The van der Waals surface area contributed by atoms with Crippen molar-refractivity contribution in [3.63, 3.8) is 0 Å². The van der Waals surface area contributed by atoms with Crippen LogP contribution in [0.1, 0.15) is 73.9 Å². The number of aromatic amines is 1. The average molecular weight is 492 g/mol. The number of aromatic nitrogens is 1. The third kappa shape index (κ3) is 6.80. The normalized spacial score (nSPS) is 14.3. The van der Waals surface area contributed by atoms with E-state index in [0.717, 1.165) is 52.2 Å². The quantitative estimate of drug-likeness (QED) is 0.218. The molecule has 0 spiro atoms. The molecule has 2 N–H and O–H groups in total. The van der Waals surface area contributed by atoms with Gasteiger partial charge in [-0.1, -0.05) is 92.6 Å². The van der Waals surface area contributed by atoms with Crippen molar-refractivity contribution in [2.24, 2.45) is 4.99 Å². The summed E-state index contributed by atoms with van der Waals surface area (Å²) in [6.45, 7) is 13.1. The molecule has 2 aromatic carbocycles. The van der Waals surface area contributed by atoms with Gasteiger partial charge in [0, 0.05) is 30.4 Å². The van der Waals surface area contributed by atoms with Crippen molar-refractivity contribution in [2.45, 2.75) is 64.8 Å². The number of benzene rings is 2. The van der Waals surface area contributed by atoms with E-state index in [-0.39, 0.29) is 0 Å². The van der Waals surface area contributed by atoms with Crippen LogP contribution in [-0.4, -0.2) is 23.8 Å². The topological polar surface area (TPSA) is 40.2 Å². The number of nitrogens with zero attached hydrogens (tertiary/aromatic N) is 1. The highest BCUT2D eigenvalue weighted by molar-refractivity contribution is 6.21. The Labute approximate surface area is 223 Å². The molecular weight excluding hydrogens is 450 g/mol. The zero-order valence-electron chi connectivity index (χ0n) is 22.7. The first-order valence-electron chi connectivity index (χ1n) is 13.6. The van der Waals surface area contributed by atoms with Gasteiger partial charge in [0.2, 0.25) is 0 Å². The lowest BCUT2D eigenvalue weighted by Gasteiger charge is -2.24. The van der Waals surface area contributed by atoms with Crippen LogP contribution in [0.5, 0.6) is 0 Å². The van der Waals surface area contributed by atoms with Crippen LogP contribution in [0.25, 0.3) is 11.3 Å². The Morgan fingerprint density at radius 2 is 1.54 bits per heavy atom. The van der Waals surface area contributed by atoms with Crippen molar-refractivity contribution < 1.29 is 0 Å². The number of hydrogen-bond donors (Lipinski definition) is 2. The summed E-state index contributed by atoms with van der Waals surface area (Å²) in [5, 5.41) is 3.63. The molecule has 0 atom stereocenters. The van der Waals surface area contributed by atoms with Gasteiger partial charge < -0.3 is 10.3 Å². The molecule has 37 heavy (non-hydrogen) atoms. The second kappa shape index (κ2) is 12.6. The summed E-state index contributed by atoms with van der Waals surface area (Å²) in [5.74, 6) is 0. The van der Waals surface area contributed by atoms with Crippen molar-refractivity contribution in [2.75, 3.05) is 7.05 Å². The first-order valence-corrected chi connectivity index (χ1v) is 13.6. The molecule has 1 saturated carbocycles. The number of H-pyrrole nitrogens is 1. The van der Waals surface area contributed by atoms with Crippen molar-refractivity contribution in [1.29, 1.82) is 0 Å². The summed E-state index contributed by atoms with van der Waals surface area (Å²) < 4.78 is 0. The van der Waals surface area contributed by atoms with Gasteiger partial charge in [-0.3, -0.25) is 4.99 Å². The Morgan fingerprint density at radius 1 is 0.892 bits per heavy atom. The van der Waals surface area contributed by atoms with Crippen LogP contribution < -0.4 is 5.32 Å². The van der Waals surface area contributed by atoms with E-state index in [1.807, 2.05) is 13.2 Å². The Balaban J connectivity index is 1.47. The van der Waals surface area contributed by atoms with Crippen molar-refractivity contribution in [3.8, 4) is 0 Å². The highest BCUT2D eigenvalue weighted by atomic mass is 14.9. The molecule has 1 aliphatic rings. The van der Waals surface area contributed by atoms with Crippen LogP contribution in [0.2, 0.25) is 0 Å². The first kappa shape index (κ1) is 26.5. The Bertz CT molecular complexity index is 1260. The van der Waals surface area contributed by atoms with E-state index in [1.165, 1.54) is 48.8 Å². The average Bonchev–Trinajstić information content (AvgIpc) is 3.42. The minimum atomic E-state index is 0.527. The van der Waals surface area contributed by atoms with Crippen molar-refractivity contribution in [1.82, 2.24) is 10.3 Å². The molecule has 1 aliphatic carbocycles. The monoisotopic (exact) mass is 491 g/mol. The van der Waals surface area contributed by atoms with Gasteiger partial charge in [0.1, 0.15) is 0 Å². The summed E-state index contributed by atoms with van der Waals surface area (Å²) in [7, 11) is 1.87. The molecule has 0 unspecified atom stereocenters. The summed E-state index contributed by atoms with van der Waals surface area (Å²) in [5.41, 5.74) is 11.1. The van der Waals surface area contributed by atoms with Gasteiger partial charge in [-0.2, -0.15) is 0 Å². The number of aryl methyl sites for hydroxylation is 2. The van der Waals surface area contributed by atoms with Gasteiger partial charge in [-0.25, -0.2) is 0 Å². The van der Waals surface area contributed by atoms with E-state index < -0.39 is 0 Å². The van der Waals surface area contributed by atoms with Crippen LogP contribution in [-0.2, 0) is 12.8 Å². The molecule has 3 nitrogen and oxygen atoms in total. The van der Waals surface area contributed by atoms with Gasteiger partial charge in [0.25, 0.3) is 0 Å². The van der Waals surface area contributed by atoms with E-state index in [4.69, 9.17) is 4.99 Å². The van der Waals surface area contributed by atoms with E-state index in [2.05, 4.69) is 98.0 Å². The van der Waals surface area contributed by atoms with E-state index >= 15 is 0 Å². The zero-order valence-corrected chi connectivity index (χ0v) is 22.7. The van der Waals surface area contributed by atoms with Crippen LogP contribution in [0.4, 0.5) is 0 Å². The molecule has 1 heterocycles. The van der Waals surface area contributed by atoms with Crippen LogP contribution in [0.3, 0.4) is 0 Å². The molecule has 1 aromatic heterocycles. The lowest BCUT2D eigenvalue weighted by Crippen LogP contribution is -2.29. The van der Waals surface area contributed by atoms with Crippen LogP contribution >= 0.6 is 0 Å². The number of rotatable bonds is 10. The Hall–Kier alpha value is -3.59. The van der Waals surface area contributed by atoms with Gasteiger partial charge >= 0.3 is 0 Å². The summed E-state index contributed by atoms with van der Waals surface area (Å²) in [6, 6.07) is 22.2. The van der Waals surface area contributed by atoms with Crippen LogP contribution in [0, 0.1) is 0 Å². The second-order valence-electron chi connectivity index (χ2n) is 10.4. The molecule has 3 aromatic rings. The molecule has 0 saturated heterocycles. The number of hydrogen-bond acceptors (Lipinski definition) is 2. The lowest BCUT2D eigenvalue weighted by molar-refractivity contribution is 0.409.